The van der Waals surface area contributed by atoms with Gasteiger partial charge in [-0.2, -0.15) is 0 Å². The van der Waals surface area contributed by atoms with Gasteiger partial charge in [-0.15, -0.1) is 0 Å². The minimum atomic E-state index is -0.989. The van der Waals surface area contributed by atoms with Crippen molar-refractivity contribution in [1.82, 2.24) is 10.6 Å². The molecular weight excluding hydrogens is 359 g/mol. The number of nitrogens with one attached hydrogen (secondary N) is 2. The molecule has 7 nitrogen and oxygen atoms in total. The van der Waals surface area contributed by atoms with Crippen LogP contribution < -0.4 is 15.4 Å². The quantitative estimate of drug-likeness (QED) is 0.745. The van der Waals surface area contributed by atoms with Gasteiger partial charge in [0, 0.05) is 11.1 Å². The molecule has 1 aromatic rings. The van der Waals surface area contributed by atoms with Gasteiger partial charge in [0.2, 0.25) is 0 Å². The van der Waals surface area contributed by atoms with Gasteiger partial charge in [-0.3, -0.25) is 10.1 Å². The van der Waals surface area contributed by atoms with E-state index in [9.17, 15) is 14.4 Å². The molecule has 3 amide bonds. The zero-order valence-electron chi connectivity index (χ0n) is 12.8. The molecule has 24 heavy (non-hydrogen) atoms. The average Bonchev–Trinajstić information content (AvgIpc) is 3.31. The Morgan fingerprint density at radius 3 is 2.62 bits per heavy atom. The molecule has 2 N–H and O–H groups in total. The Balaban J connectivity index is 1.74. The van der Waals surface area contributed by atoms with Crippen LogP contribution in [0.3, 0.4) is 0 Å². The maximum Gasteiger partial charge on any atom is 0.347 e. The Bertz CT molecular complexity index is 649. The Morgan fingerprint density at radius 1 is 1.29 bits per heavy atom. The fraction of sp³-hybridized carbons (Fsp3) is 0.400. The highest BCUT2D eigenvalue weighted by Gasteiger charge is 2.24. The first-order valence-corrected chi connectivity index (χ1v) is 7.99. The molecule has 0 unspecified atom stereocenters. The minimum Gasteiger partial charge on any atom is -0.477 e. The van der Waals surface area contributed by atoms with E-state index in [4.69, 9.17) is 32.7 Å². The van der Waals surface area contributed by atoms with E-state index in [1.54, 1.807) is 6.07 Å². The number of esters is 1. The SMILES string of the molecule is C[C@H](Oc1ccc(Cl)cc1Cl)C(=O)OCC(=O)NC(=O)NC1CC1. The van der Waals surface area contributed by atoms with Crippen LogP contribution in [0.15, 0.2) is 18.2 Å². The highest BCUT2D eigenvalue weighted by molar-refractivity contribution is 6.35. The molecule has 2 rings (SSSR count). The van der Waals surface area contributed by atoms with Crippen molar-refractivity contribution in [3.8, 4) is 5.75 Å². The normalized spacial score (nSPS) is 14.5. The largest absolute Gasteiger partial charge is 0.477 e. The highest BCUT2D eigenvalue weighted by atomic mass is 35.5. The maximum atomic E-state index is 11.8. The van der Waals surface area contributed by atoms with Gasteiger partial charge in [0.15, 0.2) is 12.7 Å². The Morgan fingerprint density at radius 2 is 2.00 bits per heavy atom. The van der Waals surface area contributed by atoms with Crippen LogP contribution in [0.2, 0.25) is 10.0 Å². The summed E-state index contributed by atoms with van der Waals surface area (Å²) in [4.78, 5) is 34.7. The first-order chi connectivity index (χ1) is 11.3. The number of ether oxygens (including phenoxy) is 2. The molecule has 130 valence electrons. The lowest BCUT2D eigenvalue weighted by Crippen LogP contribution is -2.42. The molecule has 1 aliphatic rings. The van der Waals surface area contributed by atoms with Gasteiger partial charge in [-0.1, -0.05) is 23.2 Å². The van der Waals surface area contributed by atoms with Gasteiger partial charge in [0.05, 0.1) is 5.02 Å². The number of urea groups is 1. The monoisotopic (exact) mass is 374 g/mol. The number of hydrogen-bond donors (Lipinski definition) is 2. The molecule has 0 radical (unpaired) electrons. The van der Waals surface area contributed by atoms with Crippen LogP contribution in [0.25, 0.3) is 0 Å². The predicted octanol–water partition coefficient (Wildman–Crippen LogP) is 2.29. The molecule has 0 bridgehead atoms. The van der Waals surface area contributed by atoms with Crippen molar-refractivity contribution < 1.29 is 23.9 Å². The lowest BCUT2D eigenvalue weighted by molar-refractivity contribution is -0.154. The van der Waals surface area contributed by atoms with E-state index >= 15 is 0 Å². The molecule has 0 saturated heterocycles. The van der Waals surface area contributed by atoms with Gasteiger partial charge >= 0.3 is 12.0 Å². The van der Waals surface area contributed by atoms with E-state index in [-0.39, 0.29) is 16.8 Å². The van der Waals surface area contributed by atoms with Crippen LogP contribution in [0, 0.1) is 0 Å². The summed E-state index contributed by atoms with van der Waals surface area (Å²) in [5.41, 5.74) is 0. The summed E-state index contributed by atoms with van der Waals surface area (Å²) < 4.78 is 10.2. The molecule has 1 aromatic carbocycles. The van der Waals surface area contributed by atoms with Gasteiger partial charge in [-0.25, -0.2) is 9.59 Å². The summed E-state index contributed by atoms with van der Waals surface area (Å²) in [6, 6.07) is 4.08. The summed E-state index contributed by atoms with van der Waals surface area (Å²) in [5, 5.41) is 5.33. The maximum absolute atomic E-state index is 11.8. The van der Waals surface area contributed by atoms with Crippen molar-refractivity contribution >= 4 is 41.1 Å². The lowest BCUT2D eigenvalue weighted by Gasteiger charge is -2.15. The smallest absolute Gasteiger partial charge is 0.347 e. The molecule has 1 aliphatic carbocycles. The van der Waals surface area contributed by atoms with Crippen molar-refractivity contribution in [2.24, 2.45) is 0 Å². The predicted molar refractivity (Wildman–Crippen MR) is 87.2 cm³/mol. The summed E-state index contributed by atoms with van der Waals surface area (Å²) in [5.74, 6) is -1.23. The number of benzene rings is 1. The first kappa shape index (κ1) is 18.4. The third-order valence-corrected chi connectivity index (χ3v) is 3.57. The van der Waals surface area contributed by atoms with Gasteiger partial charge in [0.1, 0.15) is 5.75 Å². The number of carbonyl (C=O) groups excluding carboxylic acids is 3. The standard InChI is InChI=1S/C15H16Cl2N2O5/c1-8(24-12-5-2-9(16)6-11(12)17)14(21)23-7-13(20)19-15(22)18-10-3-4-10/h2,5-6,8,10H,3-4,7H2,1H3,(H2,18,19,20,22)/t8-/m0/s1. The van der Waals surface area contributed by atoms with E-state index in [0.29, 0.717) is 5.02 Å². The number of carbonyl (C=O) groups is 3. The lowest BCUT2D eigenvalue weighted by atomic mass is 10.3. The van der Waals surface area contributed by atoms with E-state index in [1.165, 1.54) is 19.1 Å². The van der Waals surface area contributed by atoms with E-state index < -0.39 is 30.6 Å². The summed E-state index contributed by atoms with van der Waals surface area (Å²) in [7, 11) is 0. The fourth-order valence-corrected chi connectivity index (χ4v) is 2.13. The van der Waals surface area contributed by atoms with Crippen LogP contribution >= 0.6 is 23.2 Å². The number of imide groups is 1. The molecule has 0 spiro atoms. The van der Waals surface area contributed by atoms with Crippen LogP contribution in [0.1, 0.15) is 19.8 Å². The zero-order chi connectivity index (χ0) is 17.7. The second-order valence-corrected chi connectivity index (χ2v) is 6.08. The van der Waals surface area contributed by atoms with E-state index in [0.717, 1.165) is 12.8 Å². The third kappa shape index (κ3) is 5.90. The van der Waals surface area contributed by atoms with Crippen molar-refractivity contribution in [3.63, 3.8) is 0 Å². The van der Waals surface area contributed by atoms with Crippen LogP contribution in [-0.2, 0) is 14.3 Å². The molecule has 1 atom stereocenters. The average molecular weight is 375 g/mol. The summed E-state index contributed by atoms with van der Waals surface area (Å²) in [6.45, 7) is 0.865. The second-order valence-electron chi connectivity index (χ2n) is 5.24. The third-order valence-electron chi connectivity index (χ3n) is 3.04. The number of halogens is 2. The van der Waals surface area contributed by atoms with Crippen molar-refractivity contribution in [3.05, 3.63) is 28.2 Å². The molecule has 0 aromatic heterocycles. The Labute approximate surface area is 148 Å². The molecule has 9 heteroatoms. The highest BCUT2D eigenvalue weighted by Crippen LogP contribution is 2.28. The van der Waals surface area contributed by atoms with Crippen molar-refractivity contribution in [1.29, 1.82) is 0 Å². The van der Waals surface area contributed by atoms with E-state index in [1.807, 2.05) is 0 Å². The molecule has 1 saturated carbocycles. The van der Waals surface area contributed by atoms with Crippen LogP contribution in [0.5, 0.6) is 5.75 Å². The van der Waals surface area contributed by atoms with Crippen LogP contribution in [-0.4, -0.2) is 36.7 Å². The fourth-order valence-electron chi connectivity index (χ4n) is 1.68. The summed E-state index contributed by atoms with van der Waals surface area (Å²) >= 11 is 11.7. The van der Waals surface area contributed by atoms with Gasteiger partial charge < -0.3 is 14.8 Å². The van der Waals surface area contributed by atoms with Crippen molar-refractivity contribution in [2.75, 3.05) is 6.61 Å². The first-order valence-electron chi connectivity index (χ1n) is 7.24. The van der Waals surface area contributed by atoms with Gasteiger partial charge in [0.25, 0.3) is 5.91 Å². The summed E-state index contributed by atoms with van der Waals surface area (Å²) in [6.07, 6.45) is 0.814. The van der Waals surface area contributed by atoms with Crippen LogP contribution in [0.4, 0.5) is 4.79 Å². The Hall–Kier alpha value is -1.99. The second kappa shape index (κ2) is 8.21. The topological polar surface area (TPSA) is 93.7 Å². The van der Waals surface area contributed by atoms with E-state index in [2.05, 4.69) is 10.6 Å². The van der Waals surface area contributed by atoms with Crippen molar-refractivity contribution in [2.45, 2.75) is 31.9 Å². The molecule has 0 aliphatic heterocycles. The molecule has 1 fully saturated rings. The minimum absolute atomic E-state index is 0.123. The molecular formula is C15H16Cl2N2O5. The number of hydrogen-bond acceptors (Lipinski definition) is 5. The zero-order valence-corrected chi connectivity index (χ0v) is 14.3. The van der Waals surface area contributed by atoms with Gasteiger partial charge in [-0.05, 0) is 38.0 Å². The number of amides is 3. The Kier molecular flexibility index (Phi) is 6.28. The molecule has 0 heterocycles. The number of rotatable bonds is 6.